The van der Waals surface area contributed by atoms with Crippen LogP contribution < -0.4 is 0 Å². The molecular formula is C14H21NO2. The summed E-state index contributed by atoms with van der Waals surface area (Å²) in [4.78, 5) is 16.5. The molecule has 3 atom stereocenters. The van der Waals surface area contributed by atoms with E-state index in [1.807, 2.05) is 13.8 Å². The first-order valence-corrected chi connectivity index (χ1v) is 6.59. The van der Waals surface area contributed by atoms with Crippen LogP contribution in [0.1, 0.15) is 39.5 Å². The molecule has 94 valence electrons. The molecule has 2 aliphatic rings. The zero-order chi connectivity index (χ0) is 12.3. The summed E-state index contributed by atoms with van der Waals surface area (Å²) in [7, 11) is 0. The Morgan fingerprint density at radius 3 is 3.18 bits per heavy atom. The van der Waals surface area contributed by atoms with Gasteiger partial charge in [-0.2, -0.15) is 0 Å². The predicted molar refractivity (Wildman–Crippen MR) is 68.1 cm³/mol. The Morgan fingerprint density at radius 2 is 2.41 bits per heavy atom. The number of nitrogens with zero attached hydrogens (tertiary/aromatic N) is 1. The van der Waals surface area contributed by atoms with Gasteiger partial charge in [-0.05, 0) is 26.2 Å². The maximum absolute atomic E-state index is 11.9. The van der Waals surface area contributed by atoms with Gasteiger partial charge in [-0.3, -0.25) is 9.79 Å². The Kier molecular flexibility index (Phi) is 3.97. The number of carbonyl (C=O) groups excluding carboxylic acids is 1. The highest BCUT2D eigenvalue weighted by molar-refractivity contribution is 5.90. The molecule has 0 N–H and O–H groups in total. The molecule has 0 fully saturated rings. The van der Waals surface area contributed by atoms with Crippen molar-refractivity contribution >= 4 is 11.7 Å². The molecule has 17 heavy (non-hydrogen) atoms. The Labute approximate surface area is 103 Å². The summed E-state index contributed by atoms with van der Waals surface area (Å²) in [6.07, 6.45) is 8.19. The Bertz CT molecular complexity index is 346. The molecule has 1 aliphatic heterocycles. The minimum atomic E-state index is -0.0586. The van der Waals surface area contributed by atoms with Crippen LogP contribution in [0.2, 0.25) is 0 Å². The quantitative estimate of drug-likeness (QED) is 0.557. The number of hydrogen-bond donors (Lipinski definition) is 0. The van der Waals surface area contributed by atoms with E-state index < -0.39 is 0 Å². The number of hydrogen-bond acceptors (Lipinski definition) is 3. The van der Waals surface area contributed by atoms with Crippen molar-refractivity contribution in [2.45, 2.75) is 45.6 Å². The zero-order valence-corrected chi connectivity index (χ0v) is 10.7. The molecule has 0 aromatic heterocycles. The fourth-order valence-electron chi connectivity index (χ4n) is 2.39. The van der Waals surface area contributed by atoms with Crippen molar-refractivity contribution in [2.75, 3.05) is 6.54 Å². The van der Waals surface area contributed by atoms with E-state index in [1.54, 1.807) is 0 Å². The molecule has 3 unspecified atom stereocenters. The first-order chi connectivity index (χ1) is 8.20. The molecule has 0 spiro atoms. The van der Waals surface area contributed by atoms with Crippen LogP contribution in [0, 0.1) is 11.8 Å². The molecular weight excluding hydrogens is 214 g/mol. The van der Waals surface area contributed by atoms with E-state index in [0.717, 1.165) is 25.7 Å². The minimum absolute atomic E-state index is 0.0238. The maximum Gasteiger partial charge on any atom is 0.311 e. The number of ether oxygens (including phenoxy) is 1. The number of fused-ring (bicyclic) bond motifs is 1. The third-order valence-electron chi connectivity index (χ3n) is 3.69. The number of allylic oxidation sites excluding steroid dienone is 2. The predicted octanol–water partition coefficient (Wildman–Crippen LogP) is 2.76. The lowest BCUT2D eigenvalue weighted by Crippen LogP contribution is -2.33. The summed E-state index contributed by atoms with van der Waals surface area (Å²) in [6, 6.07) is 0. The van der Waals surface area contributed by atoms with Crippen molar-refractivity contribution < 1.29 is 9.53 Å². The SMILES string of the molecule is CCC(C)OC(=O)C1CN=C2CC=CCC2C1. The molecule has 0 aromatic rings. The molecule has 1 heterocycles. The van der Waals surface area contributed by atoms with Crippen LogP contribution in [0.15, 0.2) is 17.1 Å². The smallest absolute Gasteiger partial charge is 0.311 e. The number of rotatable bonds is 3. The monoisotopic (exact) mass is 235 g/mol. The van der Waals surface area contributed by atoms with E-state index in [1.165, 1.54) is 5.71 Å². The van der Waals surface area contributed by atoms with Gasteiger partial charge in [-0.1, -0.05) is 19.1 Å². The standard InChI is InChI=1S/C14H21NO2/c1-3-10(2)17-14(16)12-8-11-6-4-5-7-13(11)15-9-12/h4-5,10-12H,3,6-9H2,1-2H3. The topological polar surface area (TPSA) is 38.7 Å². The molecule has 1 aliphatic carbocycles. The molecule has 3 heteroatoms. The van der Waals surface area contributed by atoms with Gasteiger partial charge >= 0.3 is 5.97 Å². The summed E-state index contributed by atoms with van der Waals surface area (Å²) >= 11 is 0. The normalized spacial score (nSPS) is 29.2. The van der Waals surface area contributed by atoms with Gasteiger partial charge in [0, 0.05) is 18.1 Å². The van der Waals surface area contributed by atoms with Crippen LogP contribution in [0.4, 0.5) is 0 Å². The molecule has 0 bridgehead atoms. The van der Waals surface area contributed by atoms with Crippen molar-refractivity contribution in [3.05, 3.63) is 12.2 Å². The lowest BCUT2D eigenvalue weighted by Gasteiger charge is -2.29. The third-order valence-corrected chi connectivity index (χ3v) is 3.69. The van der Waals surface area contributed by atoms with Crippen LogP contribution in [0.3, 0.4) is 0 Å². The Hall–Kier alpha value is -1.12. The average molecular weight is 235 g/mol. The molecule has 0 saturated heterocycles. The highest BCUT2D eigenvalue weighted by Crippen LogP contribution is 2.29. The summed E-state index contributed by atoms with van der Waals surface area (Å²) in [5, 5.41) is 0. The molecule has 3 nitrogen and oxygen atoms in total. The number of carbonyl (C=O) groups is 1. The average Bonchev–Trinajstić information content (AvgIpc) is 2.38. The third kappa shape index (κ3) is 2.96. The van der Waals surface area contributed by atoms with E-state index in [-0.39, 0.29) is 18.0 Å². The van der Waals surface area contributed by atoms with Crippen molar-refractivity contribution in [1.82, 2.24) is 0 Å². The zero-order valence-electron chi connectivity index (χ0n) is 10.7. The van der Waals surface area contributed by atoms with Gasteiger partial charge in [-0.15, -0.1) is 0 Å². The van der Waals surface area contributed by atoms with Crippen molar-refractivity contribution in [2.24, 2.45) is 16.8 Å². The van der Waals surface area contributed by atoms with Gasteiger partial charge < -0.3 is 4.74 Å². The molecule has 0 radical (unpaired) electrons. The molecule has 0 saturated carbocycles. The lowest BCUT2D eigenvalue weighted by molar-refractivity contribution is -0.153. The Morgan fingerprint density at radius 1 is 1.59 bits per heavy atom. The Balaban J connectivity index is 1.93. The fraction of sp³-hybridized carbons (Fsp3) is 0.714. The van der Waals surface area contributed by atoms with Crippen LogP contribution in [-0.2, 0) is 9.53 Å². The molecule has 0 aromatic carbocycles. The number of aliphatic imine (C=N–C) groups is 1. The fourth-order valence-corrected chi connectivity index (χ4v) is 2.39. The van der Waals surface area contributed by atoms with Gasteiger partial charge in [0.15, 0.2) is 0 Å². The van der Waals surface area contributed by atoms with E-state index >= 15 is 0 Å². The van der Waals surface area contributed by atoms with Gasteiger partial charge in [0.05, 0.1) is 18.6 Å². The first kappa shape index (κ1) is 12.3. The van der Waals surface area contributed by atoms with Crippen LogP contribution in [0.5, 0.6) is 0 Å². The van der Waals surface area contributed by atoms with Gasteiger partial charge in [0.1, 0.15) is 0 Å². The minimum Gasteiger partial charge on any atom is -0.462 e. The second-order valence-electron chi connectivity index (χ2n) is 5.03. The summed E-state index contributed by atoms with van der Waals surface area (Å²) in [5.41, 5.74) is 1.28. The summed E-state index contributed by atoms with van der Waals surface area (Å²) in [5.74, 6) is 0.393. The van der Waals surface area contributed by atoms with Crippen LogP contribution in [-0.4, -0.2) is 24.3 Å². The highest BCUT2D eigenvalue weighted by Gasteiger charge is 2.31. The maximum atomic E-state index is 11.9. The summed E-state index contributed by atoms with van der Waals surface area (Å²) < 4.78 is 5.39. The van der Waals surface area contributed by atoms with Gasteiger partial charge in [-0.25, -0.2) is 0 Å². The van der Waals surface area contributed by atoms with Crippen molar-refractivity contribution in [1.29, 1.82) is 0 Å². The van der Waals surface area contributed by atoms with Crippen LogP contribution >= 0.6 is 0 Å². The van der Waals surface area contributed by atoms with E-state index in [0.29, 0.717) is 12.5 Å². The van der Waals surface area contributed by atoms with Crippen molar-refractivity contribution in [3.8, 4) is 0 Å². The van der Waals surface area contributed by atoms with Gasteiger partial charge in [0.25, 0.3) is 0 Å². The highest BCUT2D eigenvalue weighted by atomic mass is 16.5. The first-order valence-electron chi connectivity index (χ1n) is 6.59. The van der Waals surface area contributed by atoms with E-state index in [4.69, 9.17) is 4.74 Å². The second-order valence-corrected chi connectivity index (χ2v) is 5.03. The second kappa shape index (κ2) is 5.48. The van der Waals surface area contributed by atoms with Crippen molar-refractivity contribution in [3.63, 3.8) is 0 Å². The van der Waals surface area contributed by atoms with Gasteiger partial charge in [0.2, 0.25) is 0 Å². The largest absolute Gasteiger partial charge is 0.462 e. The molecule has 2 rings (SSSR count). The summed E-state index contributed by atoms with van der Waals surface area (Å²) in [6.45, 7) is 4.59. The lowest BCUT2D eigenvalue weighted by atomic mass is 9.82. The van der Waals surface area contributed by atoms with E-state index in [2.05, 4.69) is 17.1 Å². The number of esters is 1. The van der Waals surface area contributed by atoms with E-state index in [9.17, 15) is 4.79 Å². The molecule has 0 amide bonds. The van der Waals surface area contributed by atoms with Crippen LogP contribution in [0.25, 0.3) is 0 Å².